The Balaban J connectivity index is 1.61. The SMILES string of the molecule is CC(=O)N1CCN(C(=O)c2nn(-c3ccccc3)c3c2CCC3)CC1. The quantitative estimate of drug-likeness (QED) is 0.837. The molecule has 4 rings (SSSR count). The standard InChI is InChI=1S/C19H22N4O2/c1-14(24)21-10-12-22(13-11-21)19(25)18-16-8-5-9-17(16)23(20-18)15-6-3-2-4-7-15/h2-4,6-7H,5,8-13H2,1H3. The number of nitrogens with zero attached hydrogens (tertiary/aromatic N) is 4. The van der Waals surface area contributed by atoms with Crippen LogP contribution in [0.2, 0.25) is 0 Å². The molecule has 0 radical (unpaired) electrons. The number of amides is 2. The van der Waals surface area contributed by atoms with Gasteiger partial charge in [-0.3, -0.25) is 9.59 Å². The van der Waals surface area contributed by atoms with Crippen LogP contribution in [0.5, 0.6) is 0 Å². The molecule has 2 amide bonds. The van der Waals surface area contributed by atoms with Gasteiger partial charge >= 0.3 is 0 Å². The Morgan fingerprint density at radius 1 is 0.960 bits per heavy atom. The Morgan fingerprint density at radius 3 is 2.32 bits per heavy atom. The summed E-state index contributed by atoms with van der Waals surface area (Å²) in [6.45, 7) is 3.92. The fraction of sp³-hybridized carbons (Fsp3) is 0.421. The average Bonchev–Trinajstić information content (AvgIpc) is 3.24. The van der Waals surface area contributed by atoms with E-state index in [1.54, 1.807) is 11.8 Å². The lowest BCUT2D eigenvalue weighted by Gasteiger charge is -2.33. The van der Waals surface area contributed by atoms with Gasteiger partial charge < -0.3 is 9.80 Å². The molecule has 2 aromatic rings. The topological polar surface area (TPSA) is 58.4 Å². The molecule has 1 saturated heterocycles. The van der Waals surface area contributed by atoms with E-state index in [0.29, 0.717) is 31.9 Å². The van der Waals surface area contributed by atoms with Crippen LogP contribution < -0.4 is 0 Å². The molecule has 25 heavy (non-hydrogen) atoms. The van der Waals surface area contributed by atoms with E-state index in [-0.39, 0.29) is 11.8 Å². The smallest absolute Gasteiger partial charge is 0.274 e. The van der Waals surface area contributed by atoms with Gasteiger partial charge in [0.2, 0.25) is 5.91 Å². The second kappa shape index (κ2) is 6.35. The molecule has 0 bridgehead atoms. The number of fused-ring (bicyclic) bond motifs is 1. The molecule has 1 fully saturated rings. The van der Waals surface area contributed by atoms with E-state index in [9.17, 15) is 9.59 Å². The molecule has 0 saturated carbocycles. The molecule has 2 aliphatic rings. The second-order valence-electron chi connectivity index (χ2n) is 6.67. The zero-order chi connectivity index (χ0) is 17.4. The maximum absolute atomic E-state index is 13.0. The lowest BCUT2D eigenvalue weighted by Crippen LogP contribution is -2.50. The van der Waals surface area contributed by atoms with Gasteiger partial charge in [-0.2, -0.15) is 5.10 Å². The van der Waals surface area contributed by atoms with Gasteiger partial charge in [-0.25, -0.2) is 4.68 Å². The van der Waals surface area contributed by atoms with Crippen molar-refractivity contribution in [2.24, 2.45) is 0 Å². The third-order valence-corrected chi connectivity index (χ3v) is 5.15. The highest BCUT2D eigenvalue weighted by Gasteiger charge is 2.31. The Labute approximate surface area is 147 Å². The van der Waals surface area contributed by atoms with Crippen LogP contribution in [-0.2, 0) is 17.6 Å². The third kappa shape index (κ3) is 2.81. The van der Waals surface area contributed by atoms with Gasteiger partial charge in [-0.05, 0) is 31.4 Å². The van der Waals surface area contributed by atoms with Gasteiger partial charge in [0.05, 0.1) is 5.69 Å². The summed E-state index contributed by atoms with van der Waals surface area (Å²) in [6.07, 6.45) is 2.94. The first-order valence-electron chi connectivity index (χ1n) is 8.86. The molecule has 1 aromatic carbocycles. The Bertz CT molecular complexity index is 804. The van der Waals surface area contributed by atoms with E-state index in [2.05, 4.69) is 5.10 Å². The maximum atomic E-state index is 13.0. The second-order valence-corrected chi connectivity index (χ2v) is 6.67. The van der Waals surface area contributed by atoms with E-state index >= 15 is 0 Å². The minimum atomic E-state index is -0.00367. The van der Waals surface area contributed by atoms with Crippen LogP contribution in [0.4, 0.5) is 0 Å². The highest BCUT2D eigenvalue weighted by atomic mass is 16.2. The number of carbonyl (C=O) groups is 2. The predicted octanol–water partition coefficient (Wildman–Crippen LogP) is 1.67. The van der Waals surface area contributed by atoms with Gasteiger partial charge in [0.1, 0.15) is 0 Å². The number of aromatic nitrogens is 2. The van der Waals surface area contributed by atoms with Crippen LogP contribution in [0, 0.1) is 0 Å². The van der Waals surface area contributed by atoms with Crippen LogP contribution in [-0.4, -0.2) is 57.6 Å². The predicted molar refractivity (Wildman–Crippen MR) is 93.7 cm³/mol. The molecule has 130 valence electrons. The summed E-state index contributed by atoms with van der Waals surface area (Å²) in [4.78, 5) is 28.1. The van der Waals surface area contributed by atoms with Crippen molar-refractivity contribution in [1.29, 1.82) is 0 Å². The Kier molecular flexibility index (Phi) is 4.03. The van der Waals surface area contributed by atoms with Crippen LogP contribution in [0.25, 0.3) is 5.69 Å². The van der Waals surface area contributed by atoms with Crippen molar-refractivity contribution in [3.63, 3.8) is 0 Å². The molecule has 0 unspecified atom stereocenters. The molecule has 0 spiro atoms. The van der Waals surface area contributed by atoms with Crippen molar-refractivity contribution in [3.8, 4) is 5.69 Å². The number of carbonyl (C=O) groups excluding carboxylic acids is 2. The first kappa shape index (κ1) is 15.9. The van der Waals surface area contributed by atoms with Gasteiger partial charge in [0.25, 0.3) is 5.91 Å². The highest BCUT2D eigenvalue weighted by molar-refractivity contribution is 5.94. The van der Waals surface area contributed by atoms with Gasteiger partial charge in [0.15, 0.2) is 5.69 Å². The number of hydrogen-bond acceptors (Lipinski definition) is 3. The summed E-state index contributed by atoms with van der Waals surface area (Å²) in [6, 6.07) is 9.99. The molecular formula is C19H22N4O2. The Morgan fingerprint density at radius 2 is 1.64 bits per heavy atom. The highest BCUT2D eigenvalue weighted by Crippen LogP contribution is 2.28. The molecule has 6 heteroatoms. The molecule has 1 aliphatic carbocycles. The summed E-state index contributed by atoms with van der Waals surface area (Å²) in [5.41, 5.74) is 3.86. The van der Waals surface area contributed by atoms with Crippen molar-refractivity contribution < 1.29 is 9.59 Å². The number of hydrogen-bond donors (Lipinski definition) is 0. The van der Waals surface area contributed by atoms with Crippen LogP contribution in [0.15, 0.2) is 30.3 Å². The summed E-state index contributed by atoms with van der Waals surface area (Å²) in [5.74, 6) is 0.0670. The summed E-state index contributed by atoms with van der Waals surface area (Å²) >= 11 is 0. The molecule has 1 aliphatic heterocycles. The Hall–Kier alpha value is -2.63. The van der Waals surface area contributed by atoms with E-state index in [4.69, 9.17) is 0 Å². The van der Waals surface area contributed by atoms with Crippen molar-refractivity contribution in [2.45, 2.75) is 26.2 Å². The first-order valence-corrected chi connectivity index (χ1v) is 8.86. The molecule has 6 nitrogen and oxygen atoms in total. The number of piperazine rings is 1. The van der Waals surface area contributed by atoms with Crippen LogP contribution in [0.3, 0.4) is 0 Å². The minimum absolute atomic E-state index is 0.00367. The summed E-state index contributed by atoms with van der Waals surface area (Å²) in [5, 5.41) is 4.68. The summed E-state index contributed by atoms with van der Waals surface area (Å²) < 4.78 is 1.93. The lowest BCUT2D eigenvalue weighted by molar-refractivity contribution is -0.130. The molecule has 1 aromatic heterocycles. The molecule has 2 heterocycles. The van der Waals surface area contributed by atoms with Crippen molar-refractivity contribution in [3.05, 3.63) is 47.3 Å². The van der Waals surface area contributed by atoms with E-state index < -0.39 is 0 Å². The van der Waals surface area contributed by atoms with E-state index in [1.807, 2.05) is 39.9 Å². The fourth-order valence-corrected chi connectivity index (χ4v) is 3.77. The molecule has 0 N–H and O–H groups in total. The molecule has 0 atom stereocenters. The number of para-hydroxylation sites is 1. The fourth-order valence-electron chi connectivity index (χ4n) is 3.77. The van der Waals surface area contributed by atoms with Crippen molar-refractivity contribution in [1.82, 2.24) is 19.6 Å². The third-order valence-electron chi connectivity index (χ3n) is 5.15. The van der Waals surface area contributed by atoms with Crippen molar-refractivity contribution >= 4 is 11.8 Å². The number of benzene rings is 1. The lowest BCUT2D eigenvalue weighted by atomic mass is 10.1. The van der Waals surface area contributed by atoms with E-state index in [0.717, 1.165) is 36.2 Å². The van der Waals surface area contributed by atoms with Gasteiger partial charge in [0, 0.05) is 44.4 Å². The molecular weight excluding hydrogens is 316 g/mol. The van der Waals surface area contributed by atoms with E-state index in [1.165, 1.54) is 0 Å². The average molecular weight is 338 g/mol. The minimum Gasteiger partial charge on any atom is -0.339 e. The zero-order valence-corrected chi connectivity index (χ0v) is 14.4. The van der Waals surface area contributed by atoms with Crippen molar-refractivity contribution in [2.75, 3.05) is 26.2 Å². The number of rotatable bonds is 2. The summed E-state index contributed by atoms with van der Waals surface area (Å²) in [7, 11) is 0. The normalized spacial score (nSPS) is 16.8. The van der Waals surface area contributed by atoms with Crippen LogP contribution in [0.1, 0.15) is 35.1 Å². The first-order chi connectivity index (χ1) is 12.1. The monoisotopic (exact) mass is 338 g/mol. The maximum Gasteiger partial charge on any atom is 0.274 e. The van der Waals surface area contributed by atoms with Gasteiger partial charge in [-0.1, -0.05) is 18.2 Å². The van der Waals surface area contributed by atoms with Gasteiger partial charge in [-0.15, -0.1) is 0 Å². The zero-order valence-electron chi connectivity index (χ0n) is 14.4. The van der Waals surface area contributed by atoms with Crippen LogP contribution >= 0.6 is 0 Å². The largest absolute Gasteiger partial charge is 0.339 e.